The van der Waals surface area contributed by atoms with Crippen LogP contribution in [-0.4, -0.2) is 74.7 Å². The average molecular weight is 1050 g/mol. The Morgan fingerprint density at radius 1 is 0.721 bits per heavy atom. The molecular formula is C43H51F16NO6S2. The molecule has 0 heterocycles. The average Bonchev–Trinajstić information content (AvgIpc) is 3.58. The fraction of sp³-hybridized carbons (Fsp3) is 0.698. The molecule has 2 aliphatic rings. The number of benzene rings is 2. The second-order valence-corrected chi connectivity index (χ2v) is 20.5. The van der Waals surface area contributed by atoms with E-state index < -0.39 is 146 Å². The minimum absolute atomic E-state index is 0.0266. The van der Waals surface area contributed by atoms with Gasteiger partial charge in [-0.05, 0) is 59.9 Å². The van der Waals surface area contributed by atoms with Crippen molar-refractivity contribution in [2.24, 2.45) is 16.5 Å². The Morgan fingerprint density at radius 3 is 1.82 bits per heavy atom. The van der Waals surface area contributed by atoms with Crippen molar-refractivity contribution in [1.29, 1.82) is 0 Å². The standard InChI is InChI=1S/C43H51F16NO6S2/c1-5-22-37(46,47)35(24-16-12-10-8-9-11-13-17-27(35)4)42(56,57)67(61,62)65-36(7-3,38(48,49)23-6-2)43(58,59)68(63,64)66-60-33(39(50,51)41(54,55)40(52,53)34(44)45)29-20-21-32-30(26-29)25-28-18-14-15-19-31(28)32/h14-15,18-21,26-27,34H,5-13,16-17,22-25H2,1-4H3/b60-33-. The SMILES string of the molecule is CCCC(F)(F)C(CC)(OS(=O)(=O)C(F)(F)C1(C(F)(F)CCC)CCCCCCCCCC1C)C(F)(F)S(=O)(=O)O/N=C(/c1ccc2c(c1)Cc1ccccc1-2)C(F)(F)C(F)(F)C(F)(F)C(F)F. The molecule has 68 heavy (non-hydrogen) atoms. The Hall–Kier alpha value is -3.35. The van der Waals surface area contributed by atoms with Crippen LogP contribution in [0, 0.1) is 11.3 Å². The van der Waals surface area contributed by atoms with Crippen LogP contribution in [0.25, 0.3) is 11.1 Å². The fourth-order valence-corrected chi connectivity index (χ4v) is 12.0. The van der Waals surface area contributed by atoms with Gasteiger partial charge in [-0.3, -0.25) is 4.28 Å². The first kappa shape index (κ1) is 57.2. The summed E-state index contributed by atoms with van der Waals surface area (Å²) in [6, 6.07) is 7.61. The minimum Gasteiger partial charge on any atom is -0.263 e. The zero-order chi connectivity index (χ0) is 51.8. The van der Waals surface area contributed by atoms with Crippen molar-refractivity contribution in [3.8, 4) is 11.1 Å². The Labute approximate surface area is 383 Å². The second kappa shape index (κ2) is 20.0. The van der Waals surface area contributed by atoms with E-state index in [2.05, 4.69) is 13.6 Å². The van der Waals surface area contributed by atoms with E-state index in [1.54, 1.807) is 0 Å². The van der Waals surface area contributed by atoms with Crippen molar-refractivity contribution < 1.29 is 95.5 Å². The number of alkyl halides is 16. The van der Waals surface area contributed by atoms with Gasteiger partial charge in [-0.25, -0.2) is 30.5 Å². The maximum Gasteiger partial charge on any atom is 0.417 e. The highest BCUT2D eigenvalue weighted by molar-refractivity contribution is 7.88. The molecule has 388 valence electrons. The quantitative estimate of drug-likeness (QED) is 0.0484. The van der Waals surface area contributed by atoms with Crippen LogP contribution in [0.1, 0.15) is 134 Å². The first-order valence-corrected chi connectivity index (χ1v) is 24.5. The van der Waals surface area contributed by atoms with Gasteiger partial charge in [0.25, 0.3) is 11.8 Å². The first-order chi connectivity index (χ1) is 31.1. The van der Waals surface area contributed by atoms with Gasteiger partial charge in [0.05, 0.1) is 0 Å². The smallest absolute Gasteiger partial charge is 0.263 e. The van der Waals surface area contributed by atoms with Gasteiger partial charge in [0.1, 0.15) is 5.41 Å². The predicted molar refractivity (Wildman–Crippen MR) is 218 cm³/mol. The van der Waals surface area contributed by atoms with Crippen molar-refractivity contribution >= 4 is 25.9 Å². The Morgan fingerprint density at radius 2 is 1.26 bits per heavy atom. The van der Waals surface area contributed by atoms with E-state index in [4.69, 9.17) is 0 Å². The lowest BCUT2D eigenvalue weighted by molar-refractivity contribution is -0.319. The minimum atomic E-state index is -7.87. The summed E-state index contributed by atoms with van der Waals surface area (Å²) in [6.45, 7) is 2.89. The lowest BCUT2D eigenvalue weighted by Crippen LogP contribution is -2.68. The Kier molecular flexibility index (Phi) is 16.9. The van der Waals surface area contributed by atoms with Crippen LogP contribution < -0.4 is 0 Å². The van der Waals surface area contributed by atoms with E-state index in [9.17, 15) is 34.4 Å². The molecule has 0 spiro atoms. The normalized spacial score (nSPS) is 21.2. The highest BCUT2D eigenvalue weighted by atomic mass is 32.2. The third-order valence-corrected chi connectivity index (χ3v) is 15.7. The van der Waals surface area contributed by atoms with Crippen LogP contribution in [0.3, 0.4) is 0 Å². The summed E-state index contributed by atoms with van der Waals surface area (Å²) >= 11 is 0. The van der Waals surface area contributed by atoms with Crippen molar-refractivity contribution in [2.75, 3.05) is 0 Å². The molecule has 4 rings (SSSR count). The third kappa shape index (κ3) is 9.46. The number of fused-ring (bicyclic) bond motifs is 3. The largest absolute Gasteiger partial charge is 0.417 e. The fourth-order valence-electron chi connectivity index (χ4n) is 9.19. The number of hydrogen-bond donors (Lipinski definition) is 0. The lowest BCUT2D eigenvalue weighted by atomic mass is 9.65. The molecule has 3 atom stereocenters. The topological polar surface area (TPSA) is 99.1 Å². The van der Waals surface area contributed by atoms with Gasteiger partial charge in [-0.2, -0.15) is 60.7 Å². The molecule has 0 saturated heterocycles. The van der Waals surface area contributed by atoms with Crippen LogP contribution in [0.5, 0.6) is 0 Å². The maximum absolute atomic E-state index is 17.3. The summed E-state index contributed by atoms with van der Waals surface area (Å²) < 4.78 is 314. The van der Waals surface area contributed by atoms with Crippen molar-refractivity contribution in [3.63, 3.8) is 0 Å². The number of rotatable bonds is 20. The van der Waals surface area contributed by atoms with Crippen LogP contribution >= 0.6 is 0 Å². The third-order valence-electron chi connectivity index (χ3n) is 13.0. The summed E-state index contributed by atoms with van der Waals surface area (Å²) in [5.41, 5.74) is -13.6. The van der Waals surface area contributed by atoms with E-state index in [-0.39, 0.29) is 37.3 Å². The molecule has 0 bridgehead atoms. The monoisotopic (exact) mass is 1050 g/mol. The molecule has 1 saturated carbocycles. The number of hydrogen-bond acceptors (Lipinski definition) is 7. The van der Waals surface area contributed by atoms with Crippen molar-refractivity contribution in [1.82, 2.24) is 0 Å². The molecule has 0 aliphatic heterocycles. The maximum atomic E-state index is 17.3. The Balaban J connectivity index is 1.99. The molecule has 0 amide bonds. The molecule has 3 unspecified atom stereocenters. The highest BCUT2D eigenvalue weighted by Gasteiger charge is 2.82. The van der Waals surface area contributed by atoms with E-state index in [1.165, 1.54) is 24.3 Å². The van der Waals surface area contributed by atoms with E-state index in [0.717, 1.165) is 26.8 Å². The van der Waals surface area contributed by atoms with Gasteiger partial charge < -0.3 is 0 Å². The van der Waals surface area contributed by atoms with Gasteiger partial charge in [-0.15, -0.1) is 0 Å². The van der Waals surface area contributed by atoms with Gasteiger partial charge >= 0.3 is 54.9 Å². The predicted octanol–water partition coefficient (Wildman–Crippen LogP) is 14.2. The molecule has 2 aliphatic carbocycles. The van der Waals surface area contributed by atoms with E-state index >= 15 is 52.7 Å². The molecular weight excluding hydrogens is 995 g/mol. The highest BCUT2D eigenvalue weighted by Crippen LogP contribution is 2.63. The number of oxime groups is 1. The van der Waals surface area contributed by atoms with Gasteiger partial charge in [0.2, 0.25) is 5.60 Å². The summed E-state index contributed by atoms with van der Waals surface area (Å²) in [5.74, 6) is -33.6. The number of nitrogens with zero attached hydrogens (tertiary/aromatic N) is 1. The zero-order valence-corrected chi connectivity index (χ0v) is 38.7. The molecule has 2 aromatic rings. The lowest BCUT2D eigenvalue weighted by Gasteiger charge is -2.50. The molecule has 0 N–H and O–H groups in total. The summed E-state index contributed by atoms with van der Waals surface area (Å²) in [5, 5.41) is -10.9. The van der Waals surface area contributed by atoms with Crippen LogP contribution in [0.2, 0.25) is 0 Å². The van der Waals surface area contributed by atoms with Crippen LogP contribution in [-0.2, 0) is 35.1 Å². The summed E-state index contributed by atoms with van der Waals surface area (Å²) in [4.78, 5) is 0. The van der Waals surface area contributed by atoms with Crippen molar-refractivity contribution in [2.45, 2.75) is 176 Å². The molecule has 25 heteroatoms. The number of halogens is 16. The molecule has 0 aromatic heterocycles. The second-order valence-electron chi connectivity index (χ2n) is 17.3. The summed E-state index contributed by atoms with van der Waals surface area (Å²) in [6.07, 6.45) is -14.1. The zero-order valence-electron chi connectivity index (χ0n) is 37.1. The van der Waals surface area contributed by atoms with Crippen molar-refractivity contribution in [3.05, 3.63) is 59.2 Å². The van der Waals surface area contributed by atoms with Crippen LogP contribution in [0.4, 0.5) is 70.2 Å². The van der Waals surface area contributed by atoms with Gasteiger partial charge in [0, 0.05) is 18.4 Å². The molecule has 0 radical (unpaired) electrons. The van der Waals surface area contributed by atoms with E-state index in [0.29, 0.717) is 48.9 Å². The molecule has 2 aromatic carbocycles. The van der Waals surface area contributed by atoms with Gasteiger partial charge in [0.15, 0.2) is 5.71 Å². The van der Waals surface area contributed by atoms with Gasteiger partial charge in [-0.1, -0.05) is 127 Å². The molecule has 1 fully saturated rings. The van der Waals surface area contributed by atoms with E-state index in [1.807, 2.05) is 0 Å². The van der Waals surface area contributed by atoms with Crippen LogP contribution in [0.15, 0.2) is 47.6 Å². The Bertz CT molecular complexity index is 2350. The first-order valence-electron chi connectivity index (χ1n) is 21.7. The molecule has 7 nitrogen and oxygen atoms in total. The summed E-state index contributed by atoms with van der Waals surface area (Å²) in [7, 11) is -15.6.